The van der Waals surface area contributed by atoms with Gasteiger partial charge < -0.3 is 15.5 Å². The van der Waals surface area contributed by atoms with Crippen LogP contribution in [0.3, 0.4) is 0 Å². The minimum absolute atomic E-state index is 0.240. The van der Waals surface area contributed by atoms with Crippen LogP contribution in [0.25, 0.3) is 11.0 Å². The lowest BCUT2D eigenvalue weighted by Crippen LogP contribution is -2.24. The second kappa shape index (κ2) is 6.00. The van der Waals surface area contributed by atoms with Gasteiger partial charge in [-0.05, 0) is 42.3 Å². The topological polar surface area (TPSA) is 90.1 Å². The van der Waals surface area contributed by atoms with E-state index in [-0.39, 0.29) is 12.3 Å². The smallest absolute Gasteiger partial charge is 0.333 e. The lowest BCUT2D eigenvalue weighted by Gasteiger charge is -2.04. The summed E-state index contributed by atoms with van der Waals surface area (Å²) in [5.74, 6) is 0.521. The first-order valence-corrected chi connectivity index (χ1v) is 7.25. The number of nitrogens with one attached hydrogen (secondary N) is 1. The molecule has 6 heteroatoms. The molecule has 6 nitrogen and oxygen atoms in total. The molecular weight excluding hydrogens is 294 g/mol. The second-order valence-electron chi connectivity index (χ2n) is 5.28. The van der Waals surface area contributed by atoms with Crippen LogP contribution < -0.4 is 16.2 Å². The Kier molecular flexibility index (Phi) is 3.89. The van der Waals surface area contributed by atoms with Gasteiger partial charge in [-0.1, -0.05) is 12.1 Å². The van der Waals surface area contributed by atoms with E-state index in [1.807, 2.05) is 24.3 Å². The van der Waals surface area contributed by atoms with Crippen LogP contribution in [0, 0.1) is 0 Å². The fourth-order valence-corrected chi connectivity index (χ4v) is 2.53. The van der Waals surface area contributed by atoms with E-state index in [0.717, 1.165) is 15.9 Å². The van der Waals surface area contributed by atoms with E-state index in [0.29, 0.717) is 23.1 Å². The summed E-state index contributed by atoms with van der Waals surface area (Å²) in [6, 6.07) is 12.5. The average Bonchev–Trinajstić information content (AvgIpc) is 2.88. The van der Waals surface area contributed by atoms with Gasteiger partial charge >= 0.3 is 5.69 Å². The third kappa shape index (κ3) is 2.96. The van der Waals surface area contributed by atoms with Gasteiger partial charge in [0.15, 0.2) is 0 Å². The molecule has 0 unspecified atom stereocenters. The summed E-state index contributed by atoms with van der Waals surface area (Å²) in [5.41, 5.74) is 7.91. The van der Waals surface area contributed by atoms with E-state index in [9.17, 15) is 9.59 Å². The maximum atomic E-state index is 12.4. The molecule has 0 atom stereocenters. The molecule has 3 aromatic rings. The highest BCUT2D eigenvalue weighted by atomic mass is 16.5. The van der Waals surface area contributed by atoms with Crippen LogP contribution in [0.4, 0.5) is 5.69 Å². The maximum Gasteiger partial charge on any atom is 0.333 e. The minimum atomic E-state index is -0.440. The van der Waals surface area contributed by atoms with Gasteiger partial charge in [0.2, 0.25) is 5.91 Å². The molecule has 0 spiro atoms. The van der Waals surface area contributed by atoms with Crippen LogP contribution in [-0.2, 0) is 6.42 Å². The first-order valence-electron chi connectivity index (χ1n) is 7.25. The Labute approximate surface area is 132 Å². The van der Waals surface area contributed by atoms with Crippen molar-refractivity contribution in [2.45, 2.75) is 12.8 Å². The number of carbonyl (C=O) groups is 1. The zero-order valence-corrected chi connectivity index (χ0v) is 12.7. The molecule has 23 heavy (non-hydrogen) atoms. The third-order valence-corrected chi connectivity index (χ3v) is 3.74. The number of methoxy groups -OCH3 is 1. The van der Waals surface area contributed by atoms with Crippen LogP contribution >= 0.6 is 0 Å². The fourth-order valence-electron chi connectivity index (χ4n) is 2.53. The molecule has 0 radical (unpaired) electrons. The van der Waals surface area contributed by atoms with E-state index in [1.165, 1.54) is 0 Å². The lowest BCUT2D eigenvalue weighted by atomic mass is 10.1. The fraction of sp³-hybridized carbons (Fsp3) is 0.176. The quantitative estimate of drug-likeness (QED) is 0.723. The molecule has 0 aliphatic rings. The molecule has 0 bridgehead atoms. The van der Waals surface area contributed by atoms with Crippen molar-refractivity contribution in [2.24, 2.45) is 0 Å². The van der Waals surface area contributed by atoms with Gasteiger partial charge in [0, 0.05) is 12.1 Å². The molecule has 3 rings (SSSR count). The van der Waals surface area contributed by atoms with Crippen molar-refractivity contribution in [1.29, 1.82) is 0 Å². The number of ether oxygens (including phenoxy) is 1. The summed E-state index contributed by atoms with van der Waals surface area (Å²) in [6.45, 7) is 0. The van der Waals surface area contributed by atoms with Crippen molar-refractivity contribution in [3.63, 3.8) is 0 Å². The summed E-state index contributed by atoms with van der Waals surface area (Å²) >= 11 is 0. The number of benzene rings is 2. The number of fused-ring (bicyclic) bond motifs is 1. The zero-order valence-electron chi connectivity index (χ0n) is 12.7. The van der Waals surface area contributed by atoms with Gasteiger partial charge in [0.05, 0.1) is 18.1 Å². The van der Waals surface area contributed by atoms with Crippen LogP contribution in [-0.4, -0.2) is 22.6 Å². The summed E-state index contributed by atoms with van der Waals surface area (Å²) in [5, 5.41) is 0. The number of hydrogen-bond donors (Lipinski definition) is 2. The number of nitrogen functional groups attached to an aromatic ring is 1. The van der Waals surface area contributed by atoms with E-state index >= 15 is 0 Å². The predicted octanol–water partition coefficient (Wildman–Crippen LogP) is 2.19. The van der Waals surface area contributed by atoms with E-state index in [4.69, 9.17) is 10.5 Å². The number of aryl methyl sites for hydroxylation is 1. The van der Waals surface area contributed by atoms with Gasteiger partial charge in [-0.2, -0.15) is 0 Å². The highest BCUT2D eigenvalue weighted by Gasteiger charge is 2.14. The largest absolute Gasteiger partial charge is 0.497 e. The van der Waals surface area contributed by atoms with Gasteiger partial charge in [-0.25, -0.2) is 9.36 Å². The number of nitrogens with two attached hydrogens (primary N) is 1. The first kappa shape index (κ1) is 14.9. The highest BCUT2D eigenvalue weighted by Crippen LogP contribution is 2.16. The number of carbonyl (C=O) groups excluding carboxylic acids is 1. The van der Waals surface area contributed by atoms with Gasteiger partial charge in [0.25, 0.3) is 0 Å². The minimum Gasteiger partial charge on any atom is -0.497 e. The van der Waals surface area contributed by atoms with Crippen LogP contribution in [0.5, 0.6) is 5.75 Å². The number of aromatic nitrogens is 2. The average molecular weight is 311 g/mol. The predicted molar refractivity (Wildman–Crippen MR) is 88.9 cm³/mol. The zero-order chi connectivity index (χ0) is 16.4. The molecule has 0 aliphatic carbocycles. The molecule has 118 valence electrons. The molecule has 0 saturated carbocycles. The van der Waals surface area contributed by atoms with Crippen molar-refractivity contribution in [1.82, 2.24) is 9.55 Å². The molecule has 0 aliphatic heterocycles. The summed E-state index contributed by atoms with van der Waals surface area (Å²) in [4.78, 5) is 27.1. The molecule has 0 amide bonds. The molecular formula is C17H17N3O3. The van der Waals surface area contributed by atoms with Gasteiger partial charge in [0.1, 0.15) is 5.75 Å². The molecule has 3 N–H and O–H groups in total. The number of H-pyrrole nitrogens is 1. The number of anilines is 1. The molecule has 0 fully saturated rings. The Balaban J connectivity index is 1.80. The maximum absolute atomic E-state index is 12.4. The highest BCUT2D eigenvalue weighted by molar-refractivity contribution is 5.91. The number of imidazole rings is 1. The molecule has 1 aromatic heterocycles. The van der Waals surface area contributed by atoms with E-state index in [2.05, 4.69) is 4.98 Å². The molecule has 1 heterocycles. The normalized spacial score (nSPS) is 10.8. The van der Waals surface area contributed by atoms with E-state index < -0.39 is 5.69 Å². The third-order valence-electron chi connectivity index (χ3n) is 3.74. The lowest BCUT2D eigenvalue weighted by molar-refractivity contribution is 0.0904. The van der Waals surface area contributed by atoms with Crippen LogP contribution in [0.1, 0.15) is 16.8 Å². The Morgan fingerprint density at radius 1 is 1.22 bits per heavy atom. The molecule has 2 aromatic carbocycles. The van der Waals surface area contributed by atoms with Gasteiger partial charge in [-0.3, -0.25) is 4.79 Å². The number of aromatic amines is 1. The summed E-state index contributed by atoms with van der Waals surface area (Å²) < 4.78 is 6.27. The number of hydrogen-bond acceptors (Lipinski definition) is 4. The van der Waals surface area contributed by atoms with Gasteiger partial charge in [-0.15, -0.1) is 0 Å². The standard InChI is InChI=1S/C17H17N3O3/c1-23-13-6-2-11(3-7-13)4-9-16(21)20-15-8-5-12(18)10-14(15)19-17(20)22/h2-3,5-8,10H,4,9,18H2,1H3,(H,19,22). The van der Waals surface area contributed by atoms with Crippen molar-refractivity contribution >= 4 is 22.6 Å². The Morgan fingerprint density at radius 2 is 1.96 bits per heavy atom. The van der Waals surface area contributed by atoms with E-state index in [1.54, 1.807) is 25.3 Å². The van der Waals surface area contributed by atoms with Crippen molar-refractivity contribution in [3.8, 4) is 5.75 Å². The van der Waals surface area contributed by atoms with Crippen molar-refractivity contribution in [3.05, 3.63) is 58.5 Å². The van der Waals surface area contributed by atoms with Crippen LogP contribution in [0.2, 0.25) is 0 Å². The Bertz CT molecular complexity index is 907. The first-order chi connectivity index (χ1) is 11.1. The second-order valence-corrected chi connectivity index (χ2v) is 5.28. The van der Waals surface area contributed by atoms with Crippen molar-refractivity contribution < 1.29 is 9.53 Å². The Morgan fingerprint density at radius 3 is 2.65 bits per heavy atom. The monoisotopic (exact) mass is 311 g/mol. The van der Waals surface area contributed by atoms with Crippen LogP contribution in [0.15, 0.2) is 47.3 Å². The number of nitrogens with zero attached hydrogens (tertiary/aromatic N) is 1. The van der Waals surface area contributed by atoms with Crippen molar-refractivity contribution in [2.75, 3.05) is 12.8 Å². The summed E-state index contributed by atoms with van der Waals surface area (Å²) in [6.07, 6.45) is 0.792. The number of rotatable bonds is 4. The SMILES string of the molecule is COc1ccc(CCC(=O)n2c(=O)[nH]c3cc(N)ccc32)cc1. The summed E-state index contributed by atoms with van der Waals surface area (Å²) in [7, 11) is 1.61. The molecule has 0 saturated heterocycles. The Hall–Kier alpha value is -3.02.